The van der Waals surface area contributed by atoms with Gasteiger partial charge >= 0.3 is 0 Å². The average Bonchev–Trinajstić information content (AvgIpc) is 2.26. The first-order valence-corrected chi connectivity index (χ1v) is 4.43. The molecule has 0 radical (unpaired) electrons. The van der Waals surface area contributed by atoms with Crippen LogP contribution in [0.15, 0.2) is 24.3 Å². The zero-order valence-corrected chi connectivity index (χ0v) is 8.64. The summed E-state index contributed by atoms with van der Waals surface area (Å²) < 4.78 is 10.1. The number of benzene rings is 1. The second-order valence-electron chi connectivity index (χ2n) is 2.57. The number of ether oxygens (including phenoxy) is 2. The van der Waals surface area contributed by atoms with Crippen molar-refractivity contribution in [2.45, 2.75) is 6.61 Å². The van der Waals surface area contributed by atoms with E-state index in [1.165, 1.54) is 0 Å². The molecule has 0 saturated carbocycles. The van der Waals surface area contributed by atoms with E-state index in [-0.39, 0.29) is 5.17 Å². The lowest BCUT2D eigenvalue weighted by Gasteiger charge is -2.06. The van der Waals surface area contributed by atoms with E-state index in [4.69, 9.17) is 27.5 Å². The van der Waals surface area contributed by atoms with Gasteiger partial charge in [0, 0.05) is 0 Å². The molecule has 0 aromatic heterocycles. The maximum absolute atomic E-state index is 5.11. The third-order valence-corrected chi connectivity index (χ3v) is 1.88. The van der Waals surface area contributed by atoms with Crippen molar-refractivity contribution in [2.75, 3.05) is 7.11 Å². The van der Waals surface area contributed by atoms with Crippen LogP contribution in [0.2, 0.25) is 0 Å². The number of hydrazine groups is 1. The van der Waals surface area contributed by atoms with Crippen molar-refractivity contribution in [1.29, 1.82) is 0 Å². The zero-order valence-electron chi connectivity index (χ0n) is 7.82. The fourth-order valence-corrected chi connectivity index (χ4v) is 0.971. The van der Waals surface area contributed by atoms with Crippen LogP contribution in [0.3, 0.4) is 0 Å². The van der Waals surface area contributed by atoms with E-state index < -0.39 is 0 Å². The molecule has 0 bridgehead atoms. The summed E-state index contributed by atoms with van der Waals surface area (Å²) in [6, 6.07) is 7.52. The number of rotatable bonds is 3. The second kappa shape index (κ2) is 5.41. The molecule has 3 N–H and O–H groups in total. The summed E-state index contributed by atoms with van der Waals surface area (Å²) in [5.74, 6) is 5.86. The Balaban J connectivity index is 2.47. The molecule has 0 aliphatic heterocycles. The Bertz CT molecular complexity index is 300. The molecule has 76 valence electrons. The average molecular weight is 212 g/mol. The number of hydrogen-bond acceptors (Lipinski definition) is 4. The predicted octanol–water partition coefficient (Wildman–Crippen LogP) is 0.960. The minimum atomic E-state index is 0.181. The van der Waals surface area contributed by atoms with Gasteiger partial charge in [0.1, 0.15) is 12.4 Å². The molecule has 0 aliphatic rings. The molecular weight excluding hydrogens is 200 g/mol. The monoisotopic (exact) mass is 212 g/mol. The van der Waals surface area contributed by atoms with Gasteiger partial charge < -0.3 is 9.47 Å². The van der Waals surface area contributed by atoms with Gasteiger partial charge in [0.15, 0.2) is 0 Å². The Morgan fingerprint density at radius 3 is 2.57 bits per heavy atom. The lowest BCUT2D eigenvalue weighted by atomic mass is 10.2. The normalized spacial score (nSPS) is 9.29. The number of hydrogen-bond donors (Lipinski definition) is 2. The highest BCUT2D eigenvalue weighted by Gasteiger charge is 1.96. The van der Waals surface area contributed by atoms with Crippen molar-refractivity contribution in [3.05, 3.63) is 29.8 Å². The molecule has 0 heterocycles. The minimum Gasteiger partial charge on any atom is -0.497 e. The lowest BCUT2D eigenvalue weighted by molar-refractivity contribution is 0.287. The molecule has 0 fully saturated rings. The van der Waals surface area contributed by atoms with Crippen LogP contribution in [0.25, 0.3) is 0 Å². The van der Waals surface area contributed by atoms with Gasteiger partial charge in [-0.25, -0.2) is 5.84 Å². The lowest BCUT2D eigenvalue weighted by Crippen LogP contribution is -2.30. The van der Waals surface area contributed by atoms with Gasteiger partial charge in [0.2, 0.25) is 0 Å². The first-order chi connectivity index (χ1) is 6.76. The van der Waals surface area contributed by atoms with E-state index in [0.29, 0.717) is 6.61 Å². The smallest absolute Gasteiger partial charge is 0.271 e. The predicted molar refractivity (Wildman–Crippen MR) is 57.7 cm³/mol. The van der Waals surface area contributed by atoms with E-state index in [9.17, 15) is 0 Å². The topological polar surface area (TPSA) is 56.5 Å². The van der Waals surface area contributed by atoms with E-state index in [1.807, 2.05) is 24.3 Å². The maximum atomic E-state index is 5.11. The third-order valence-electron chi connectivity index (χ3n) is 1.65. The SMILES string of the molecule is COc1ccc(COC(=S)NN)cc1. The Morgan fingerprint density at radius 1 is 1.43 bits per heavy atom. The van der Waals surface area contributed by atoms with Gasteiger partial charge in [0.25, 0.3) is 5.17 Å². The molecule has 0 spiro atoms. The quantitative estimate of drug-likeness (QED) is 0.444. The number of nitrogens with two attached hydrogens (primary N) is 1. The standard InChI is InChI=1S/C9H12N2O2S/c1-12-8-4-2-7(3-5-8)6-13-9(14)11-10/h2-5H,6,10H2,1H3,(H,11,14). The van der Waals surface area contributed by atoms with E-state index in [0.717, 1.165) is 11.3 Å². The highest BCUT2D eigenvalue weighted by molar-refractivity contribution is 7.80. The summed E-state index contributed by atoms with van der Waals surface area (Å²) in [4.78, 5) is 0. The van der Waals surface area contributed by atoms with Crippen LogP contribution >= 0.6 is 12.2 Å². The fourth-order valence-electron chi connectivity index (χ4n) is 0.912. The van der Waals surface area contributed by atoms with Crippen molar-refractivity contribution in [1.82, 2.24) is 5.43 Å². The van der Waals surface area contributed by atoms with E-state index >= 15 is 0 Å². The van der Waals surface area contributed by atoms with Crippen molar-refractivity contribution < 1.29 is 9.47 Å². The van der Waals surface area contributed by atoms with Crippen molar-refractivity contribution in [3.8, 4) is 5.75 Å². The number of nitrogens with one attached hydrogen (secondary N) is 1. The maximum Gasteiger partial charge on any atom is 0.271 e. The Labute approximate surface area is 88.0 Å². The van der Waals surface area contributed by atoms with Crippen molar-refractivity contribution in [3.63, 3.8) is 0 Å². The number of methoxy groups -OCH3 is 1. The highest BCUT2D eigenvalue weighted by Crippen LogP contribution is 2.11. The summed E-state index contributed by atoms with van der Waals surface area (Å²) in [7, 11) is 1.62. The molecule has 0 aliphatic carbocycles. The molecule has 1 aromatic carbocycles. The minimum absolute atomic E-state index is 0.181. The van der Waals surface area contributed by atoms with E-state index in [1.54, 1.807) is 7.11 Å². The van der Waals surface area contributed by atoms with Gasteiger partial charge in [-0.1, -0.05) is 12.1 Å². The molecule has 1 aromatic rings. The van der Waals surface area contributed by atoms with Crippen LogP contribution in [0.5, 0.6) is 5.75 Å². The largest absolute Gasteiger partial charge is 0.497 e. The van der Waals surface area contributed by atoms with Gasteiger partial charge in [-0.05, 0) is 29.9 Å². The first kappa shape index (κ1) is 10.7. The summed E-state index contributed by atoms with van der Waals surface area (Å²) in [5, 5.41) is 0.181. The number of thiocarbonyl (C=S) groups is 1. The van der Waals surface area contributed by atoms with Crippen molar-refractivity contribution in [2.24, 2.45) is 5.84 Å². The van der Waals surface area contributed by atoms with Gasteiger partial charge in [-0.15, -0.1) is 0 Å². The molecule has 0 amide bonds. The van der Waals surface area contributed by atoms with Crippen LogP contribution in [0.1, 0.15) is 5.56 Å². The molecule has 5 heteroatoms. The Morgan fingerprint density at radius 2 is 2.07 bits per heavy atom. The van der Waals surface area contributed by atoms with Gasteiger partial charge in [-0.3, -0.25) is 5.43 Å². The van der Waals surface area contributed by atoms with Crippen LogP contribution < -0.4 is 16.0 Å². The Hall–Kier alpha value is -1.33. The van der Waals surface area contributed by atoms with Crippen LogP contribution in [0.4, 0.5) is 0 Å². The molecule has 0 saturated heterocycles. The molecule has 0 atom stereocenters. The molecule has 0 unspecified atom stereocenters. The Kier molecular flexibility index (Phi) is 4.15. The first-order valence-electron chi connectivity index (χ1n) is 4.02. The highest BCUT2D eigenvalue weighted by atomic mass is 32.1. The van der Waals surface area contributed by atoms with Crippen LogP contribution in [-0.2, 0) is 11.3 Å². The third kappa shape index (κ3) is 3.20. The van der Waals surface area contributed by atoms with Crippen LogP contribution in [-0.4, -0.2) is 12.3 Å². The fraction of sp³-hybridized carbons (Fsp3) is 0.222. The van der Waals surface area contributed by atoms with Gasteiger partial charge in [-0.2, -0.15) is 0 Å². The summed E-state index contributed by atoms with van der Waals surface area (Å²) in [6.45, 7) is 0.396. The van der Waals surface area contributed by atoms with Gasteiger partial charge in [0.05, 0.1) is 7.11 Å². The zero-order chi connectivity index (χ0) is 10.4. The van der Waals surface area contributed by atoms with Crippen molar-refractivity contribution >= 4 is 17.4 Å². The summed E-state index contributed by atoms with van der Waals surface area (Å²) in [6.07, 6.45) is 0. The summed E-state index contributed by atoms with van der Waals surface area (Å²) in [5.41, 5.74) is 3.25. The van der Waals surface area contributed by atoms with Crippen LogP contribution in [0, 0.1) is 0 Å². The molecular formula is C9H12N2O2S. The second-order valence-corrected chi connectivity index (χ2v) is 2.94. The molecule has 4 nitrogen and oxygen atoms in total. The van der Waals surface area contributed by atoms with E-state index in [2.05, 4.69) is 5.43 Å². The molecule has 1 rings (SSSR count). The molecule has 14 heavy (non-hydrogen) atoms. The summed E-state index contributed by atoms with van der Waals surface area (Å²) >= 11 is 4.72.